The van der Waals surface area contributed by atoms with Crippen molar-refractivity contribution in [1.82, 2.24) is 14.7 Å². The molecule has 1 aromatic carbocycles. The number of aromatic nitrogens is 2. The second-order valence-corrected chi connectivity index (χ2v) is 6.29. The lowest BCUT2D eigenvalue weighted by Gasteiger charge is -2.29. The first-order valence-corrected chi connectivity index (χ1v) is 8.72. The van der Waals surface area contributed by atoms with Crippen LogP contribution in [0.4, 0.5) is 0 Å². The van der Waals surface area contributed by atoms with Gasteiger partial charge < -0.3 is 4.74 Å². The number of para-hydroxylation sites is 1. The predicted molar refractivity (Wildman–Crippen MR) is 92.4 cm³/mol. The molecular weight excluding hydrogens is 286 g/mol. The Morgan fingerprint density at radius 1 is 1.17 bits per heavy atom. The summed E-state index contributed by atoms with van der Waals surface area (Å²) in [6.07, 6.45) is 7.10. The first-order valence-electron chi connectivity index (χ1n) is 8.72. The molecule has 0 amide bonds. The van der Waals surface area contributed by atoms with E-state index in [4.69, 9.17) is 4.74 Å². The van der Waals surface area contributed by atoms with Gasteiger partial charge >= 0.3 is 0 Å². The Morgan fingerprint density at radius 2 is 2.04 bits per heavy atom. The van der Waals surface area contributed by atoms with Crippen molar-refractivity contribution in [2.24, 2.45) is 7.05 Å². The van der Waals surface area contributed by atoms with Gasteiger partial charge in [-0.15, -0.1) is 0 Å². The topological polar surface area (TPSA) is 30.3 Å². The number of benzene rings is 1. The van der Waals surface area contributed by atoms with Crippen LogP contribution < -0.4 is 4.74 Å². The van der Waals surface area contributed by atoms with E-state index in [9.17, 15) is 0 Å². The van der Waals surface area contributed by atoms with Gasteiger partial charge in [-0.25, -0.2) is 0 Å². The molecule has 4 nitrogen and oxygen atoms in total. The fraction of sp³-hybridized carbons (Fsp3) is 0.526. The summed E-state index contributed by atoms with van der Waals surface area (Å²) in [6, 6.07) is 11.0. The standard InChI is InChI=1S/C19H27N3O/c1-3-23-19-11-7-6-9-16(19)15-22-13-8-4-5-10-18(22)17-12-14-21(2)20-17/h6-7,9,11-12,14,18H,3-5,8,10,13,15H2,1-2H3. The monoisotopic (exact) mass is 313 g/mol. The number of likely N-dealkylation sites (tertiary alicyclic amines) is 1. The maximum atomic E-state index is 5.81. The van der Waals surface area contributed by atoms with E-state index < -0.39 is 0 Å². The number of ether oxygens (including phenoxy) is 1. The van der Waals surface area contributed by atoms with Crippen molar-refractivity contribution in [3.8, 4) is 5.75 Å². The van der Waals surface area contributed by atoms with E-state index in [2.05, 4.69) is 34.3 Å². The molecular formula is C19H27N3O. The summed E-state index contributed by atoms with van der Waals surface area (Å²) in [6.45, 7) is 4.80. The van der Waals surface area contributed by atoms with Gasteiger partial charge in [0.2, 0.25) is 0 Å². The largest absolute Gasteiger partial charge is 0.494 e. The van der Waals surface area contributed by atoms with Gasteiger partial charge in [0.15, 0.2) is 0 Å². The molecule has 1 atom stereocenters. The molecule has 1 aliphatic heterocycles. The highest BCUT2D eigenvalue weighted by atomic mass is 16.5. The maximum Gasteiger partial charge on any atom is 0.123 e. The summed E-state index contributed by atoms with van der Waals surface area (Å²) in [5, 5.41) is 4.67. The van der Waals surface area contributed by atoms with E-state index in [0.717, 1.165) is 18.8 Å². The normalized spacial score (nSPS) is 19.5. The SMILES string of the molecule is CCOc1ccccc1CN1CCCCCC1c1ccn(C)n1. The summed E-state index contributed by atoms with van der Waals surface area (Å²) >= 11 is 0. The quantitative estimate of drug-likeness (QED) is 0.837. The Balaban J connectivity index is 1.83. The van der Waals surface area contributed by atoms with Gasteiger partial charge in [0, 0.05) is 25.4 Å². The average Bonchev–Trinajstić information content (AvgIpc) is 2.85. The van der Waals surface area contributed by atoms with E-state index in [0.29, 0.717) is 12.6 Å². The number of aryl methyl sites for hydroxylation is 1. The number of hydrogen-bond donors (Lipinski definition) is 0. The smallest absolute Gasteiger partial charge is 0.123 e. The van der Waals surface area contributed by atoms with Crippen molar-refractivity contribution in [2.45, 2.75) is 45.2 Å². The van der Waals surface area contributed by atoms with E-state index in [1.165, 1.54) is 36.9 Å². The summed E-state index contributed by atoms with van der Waals surface area (Å²) in [5.74, 6) is 1.01. The van der Waals surface area contributed by atoms with Crippen LogP contribution in [-0.4, -0.2) is 27.8 Å². The second-order valence-electron chi connectivity index (χ2n) is 6.29. The van der Waals surface area contributed by atoms with Crippen molar-refractivity contribution in [3.05, 3.63) is 47.8 Å². The van der Waals surface area contributed by atoms with Crippen molar-refractivity contribution in [2.75, 3.05) is 13.2 Å². The van der Waals surface area contributed by atoms with Gasteiger partial charge in [-0.3, -0.25) is 9.58 Å². The minimum absolute atomic E-state index is 0.411. The molecule has 124 valence electrons. The average molecular weight is 313 g/mol. The molecule has 0 aliphatic carbocycles. The van der Waals surface area contributed by atoms with Crippen LogP contribution in [0.25, 0.3) is 0 Å². The molecule has 0 spiro atoms. The molecule has 23 heavy (non-hydrogen) atoms. The number of hydrogen-bond acceptors (Lipinski definition) is 3. The Labute approximate surface area is 139 Å². The highest BCUT2D eigenvalue weighted by molar-refractivity contribution is 5.33. The minimum atomic E-state index is 0.411. The molecule has 1 unspecified atom stereocenters. The summed E-state index contributed by atoms with van der Waals surface area (Å²) in [5.41, 5.74) is 2.47. The van der Waals surface area contributed by atoms with Crippen LogP contribution in [0.3, 0.4) is 0 Å². The molecule has 1 fully saturated rings. The third-order valence-electron chi connectivity index (χ3n) is 4.59. The Morgan fingerprint density at radius 3 is 2.83 bits per heavy atom. The molecule has 4 heteroatoms. The highest BCUT2D eigenvalue weighted by Crippen LogP contribution is 2.32. The third kappa shape index (κ3) is 3.94. The Bertz CT molecular complexity index is 623. The third-order valence-corrected chi connectivity index (χ3v) is 4.59. The molecule has 0 radical (unpaired) electrons. The minimum Gasteiger partial charge on any atom is -0.494 e. The highest BCUT2D eigenvalue weighted by Gasteiger charge is 2.25. The van der Waals surface area contributed by atoms with Crippen LogP contribution in [0.5, 0.6) is 5.75 Å². The van der Waals surface area contributed by atoms with Gasteiger partial charge in [-0.1, -0.05) is 31.0 Å². The molecule has 1 aromatic heterocycles. The molecule has 0 saturated carbocycles. The van der Waals surface area contributed by atoms with E-state index >= 15 is 0 Å². The van der Waals surface area contributed by atoms with Gasteiger partial charge in [-0.2, -0.15) is 5.10 Å². The predicted octanol–water partition coefficient (Wildman–Crippen LogP) is 3.94. The number of nitrogens with zero attached hydrogens (tertiary/aromatic N) is 3. The molecule has 2 heterocycles. The van der Waals surface area contributed by atoms with Gasteiger partial charge in [0.1, 0.15) is 5.75 Å². The van der Waals surface area contributed by atoms with Crippen molar-refractivity contribution in [1.29, 1.82) is 0 Å². The number of rotatable bonds is 5. The zero-order chi connectivity index (χ0) is 16.1. The van der Waals surface area contributed by atoms with E-state index in [1.54, 1.807) is 0 Å². The van der Waals surface area contributed by atoms with Crippen LogP contribution >= 0.6 is 0 Å². The lowest BCUT2D eigenvalue weighted by Crippen LogP contribution is -2.28. The molecule has 1 aliphatic rings. The first kappa shape index (κ1) is 16.1. The van der Waals surface area contributed by atoms with E-state index in [-0.39, 0.29) is 0 Å². The zero-order valence-corrected chi connectivity index (χ0v) is 14.2. The van der Waals surface area contributed by atoms with Crippen molar-refractivity contribution < 1.29 is 4.74 Å². The lowest BCUT2D eigenvalue weighted by atomic mass is 10.1. The first-order chi connectivity index (χ1) is 11.3. The molecule has 0 bridgehead atoms. The lowest BCUT2D eigenvalue weighted by molar-refractivity contribution is 0.185. The van der Waals surface area contributed by atoms with Crippen LogP contribution in [0, 0.1) is 0 Å². The molecule has 1 saturated heterocycles. The zero-order valence-electron chi connectivity index (χ0n) is 14.2. The van der Waals surface area contributed by atoms with Crippen LogP contribution in [-0.2, 0) is 13.6 Å². The summed E-state index contributed by atoms with van der Waals surface area (Å²) in [7, 11) is 1.99. The van der Waals surface area contributed by atoms with Crippen LogP contribution in [0.15, 0.2) is 36.5 Å². The van der Waals surface area contributed by atoms with Gasteiger partial charge in [-0.05, 0) is 38.4 Å². The second kappa shape index (κ2) is 7.64. The van der Waals surface area contributed by atoms with Crippen molar-refractivity contribution in [3.63, 3.8) is 0 Å². The Hall–Kier alpha value is -1.81. The van der Waals surface area contributed by atoms with Gasteiger partial charge in [0.05, 0.1) is 18.3 Å². The molecule has 3 rings (SSSR count). The van der Waals surface area contributed by atoms with Gasteiger partial charge in [0.25, 0.3) is 0 Å². The summed E-state index contributed by atoms with van der Waals surface area (Å²) in [4.78, 5) is 2.58. The van der Waals surface area contributed by atoms with Crippen LogP contribution in [0.1, 0.15) is 49.9 Å². The summed E-state index contributed by atoms with van der Waals surface area (Å²) < 4.78 is 7.72. The van der Waals surface area contributed by atoms with E-state index in [1.807, 2.05) is 30.9 Å². The molecule has 2 aromatic rings. The fourth-order valence-corrected chi connectivity index (χ4v) is 3.45. The van der Waals surface area contributed by atoms with Crippen LogP contribution in [0.2, 0.25) is 0 Å². The fourth-order valence-electron chi connectivity index (χ4n) is 3.45. The maximum absolute atomic E-state index is 5.81. The van der Waals surface area contributed by atoms with Crippen molar-refractivity contribution >= 4 is 0 Å². The molecule has 0 N–H and O–H groups in total. The Kier molecular flexibility index (Phi) is 5.34.